The summed E-state index contributed by atoms with van der Waals surface area (Å²) in [5.74, 6) is 0. The van der Waals surface area contributed by atoms with Gasteiger partial charge in [0.2, 0.25) is 0 Å². The summed E-state index contributed by atoms with van der Waals surface area (Å²) in [6.07, 6.45) is 0. The first kappa shape index (κ1) is 14.1. The van der Waals surface area contributed by atoms with E-state index in [4.69, 9.17) is 0 Å². The van der Waals surface area contributed by atoms with Crippen LogP contribution in [0.25, 0.3) is 0 Å². The van der Waals surface area contributed by atoms with Gasteiger partial charge in [0, 0.05) is 14.6 Å². The van der Waals surface area contributed by atoms with E-state index in [-0.39, 0.29) is 6.04 Å². The van der Waals surface area contributed by atoms with E-state index in [9.17, 15) is 5.26 Å². The fourth-order valence-electron chi connectivity index (χ4n) is 1.78. The molecule has 19 heavy (non-hydrogen) atoms. The second kappa shape index (κ2) is 6.23. The normalized spacial score (nSPS) is 11.7. The second-order valence-electron chi connectivity index (χ2n) is 4.23. The summed E-state index contributed by atoms with van der Waals surface area (Å²) >= 11 is 6.89. The lowest BCUT2D eigenvalue weighted by atomic mass is 10.1. The number of aryl methyl sites for hydroxylation is 1. The van der Waals surface area contributed by atoms with Crippen molar-refractivity contribution in [1.82, 2.24) is 0 Å². The van der Waals surface area contributed by atoms with Gasteiger partial charge in [0.1, 0.15) is 6.04 Å². The van der Waals surface area contributed by atoms with E-state index in [1.54, 1.807) is 0 Å². The van der Waals surface area contributed by atoms with Crippen molar-refractivity contribution in [3.05, 3.63) is 62.5 Å². The minimum absolute atomic E-state index is 0.360. The molecule has 0 aliphatic heterocycles. The van der Waals surface area contributed by atoms with Crippen LogP contribution in [0.2, 0.25) is 0 Å². The highest BCUT2D eigenvalue weighted by molar-refractivity contribution is 9.10. The lowest BCUT2D eigenvalue weighted by Gasteiger charge is -2.14. The molecule has 0 aromatic heterocycles. The highest BCUT2D eigenvalue weighted by Crippen LogP contribution is 2.25. The van der Waals surface area contributed by atoms with Gasteiger partial charge >= 0.3 is 0 Å². The lowest BCUT2D eigenvalue weighted by molar-refractivity contribution is 0.993. The molecule has 1 unspecified atom stereocenters. The first-order chi connectivity index (χ1) is 9.10. The van der Waals surface area contributed by atoms with Crippen LogP contribution in [-0.4, -0.2) is 0 Å². The molecule has 2 aromatic rings. The standard InChI is InChI=1S/C15H12Br2N2/c1-10-7-11(5-6-14(10)17)15(9-18)19-13-4-2-3-12(16)8-13/h2-8,15,19H,1H3. The summed E-state index contributed by atoms with van der Waals surface area (Å²) in [5, 5.41) is 12.6. The van der Waals surface area contributed by atoms with Crippen LogP contribution in [0, 0.1) is 18.3 Å². The van der Waals surface area contributed by atoms with Crippen molar-refractivity contribution in [2.75, 3.05) is 5.32 Å². The van der Waals surface area contributed by atoms with E-state index < -0.39 is 0 Å². The van der Waals surface area contributed by atoms with Crippen molar-refractivity contribution in [3.63, 3.8) is 0 Å². The van der Waals surface area contributed by atoms with Crippen LogP contribution in [0.1, 0.15) is 17.2 Å². The van der Waals surface area contributed by atoms with Gasteiger partial charge in [0.15, 0.2) is 0 Å². The highest BCUT2D eigenvalue weighted by atomic mass is 79.9. The first-order valence-electron chi connectivity index (χ1n) is 5.78. The Bertz CT molecular complexity index is 632. The number of hydrogen-bond acceptors (Lipinski definition) is 2. The molecule has 1 atom stereocenters. The number of anilines is 1. The number of rotatable bonds is 3. The van der Waals surface area contributed by atoms with Crippen LogP contribution in [0.15, 0.2) is 51.4 Å². The third-order valence-corrected chi connectivity index (χ3v) is 4.16. The van der Waals surface area contributed by atoms with Crippen molar-refractivity contribution in [2.45, 2.75) is 13.0 Å². The van der Waals surface area contributed by atoms with Crippen LogP contribution in [0.5, 0.6) is 0 Å². The molecule has 0 saturated heterocycles. The third-order valence-electron chi connectivity index (χ3n) is 2.78. The van der Waals surface area contributed by atoms with E-state index in [0.29, 0.717) is 0 Å². The van der Waals surface area contributed by atoms with Gasteiger partial charge in [-0.15, -0.1) is 0 Å². The van der Waals surface area contributed by atoms with Crippen molar-refractivity contribution in [1.29, 1.82) is 5.26 Å². The Labute approximate surface area is 129 Å². The van der Waals surface area contributed by atoms with Crippen LogP contribution < -0.4 is 5.32 Å². The van der Waals surface area contributed by atoms with Crippen LogP contribution in [-0.2, 0) is 0 Å². The molecular formula is C15H12Br2N2. The molecule has 0 spiro atoms. The molecule has 0 aliphatic rings. The number of benzene rings is 2. The van der Waals surface area contributed by atoms with E-state index in [0.717, 1.165) is 25.8 Å². The Balaban J connectivity index is 2.25. The molecule has 0 bridgehead atoms. The zero-order valence-electron chi connectivity index (χ0n) is 10.3. The summed E-state index contributed by atoms with van der Waals surface area (Å²) < 4.78 is 2.04. The lowest BCUT2D eigenvalue weighted by Crippen LogP contribution is -2.08. The van der Waals surface area contributed by atoms with Gasteiger partial charge in [-0.2, -0.15) is 5.26 Å². The average molecular weight is 380 g/mol. The minimum Gasteiger partial charge on any atom is -0.366 e. The Morgan fingerprint density at radius 3 is 2.58 bits per heavy atom. The Kier molecular flexibility index (Phi) is 4.62. The van der Waals surface area contributed by atoms with Crippen molar-refractivity contribution >= 4 is 37.5 Å². The van der Waals surface area contributed by atoms with E-state index in [1.165, 1.54) is 0 Å². The van der Waals surface area contributed by atoms with Crippen LogP contribution >= 0.6 is 31.9 Å². The largest absolute Gasteiger partial charge is 0.366 e. The average Bonchev–Trinajstić information content (AvgIpc) is 2.39. The summed E-state index contributed by atoms with van der Waals surface area (Å²) in [6, 6.07) is 15.7. The molecule has 0 aliphatic carbocycles. The fourth-order valence-corrected chi connectivity index (χ4v) is 2.43. The highest BCUT2D eigenvalue weighted by Gasteiger charge is 2.11. The zero-order chi connectivity index (χ0) is 13.8. The quantitative estimate of drug-likeness (QED) is 0.795. The summed E-state index contributed by atoms with van der Waals surface area (Å²) in [7, 11) is 0. The molecule has 1 N–H and O–H groups in total. The van der Waals surface area contributed by atoms with E-state index >= 15 is 0 Å². The molecule has 0 amide bonds. The molecule has 96 valence electrons. The van der Waals surface area contributed by atoms with Gasteiger partial charge < -0.3 is 5.32 Å². The van der Waals surface area contributed by atoms with Crippen molar-refractivity contribution in [3.8, 4) is 6.07 Å². The van der Waals surface area contributed by atoms with E-state index in [1.807, 2.05) is 49.4 Å². The van der Waals surface area contributed by atoms with Crippen LogP contribution in [0.3, 0.4) is 0 Å². The maximum Gasteiger partial charge on any atom is 0.140 e. The SMILES string of the molecule is Cc1cc(C(C#N)Nc2cccc(Br)c2)ccc1Br. The smallest absolute Gasteiger partial charge is 0.140 e. The van der Waals surface area contributed by atoms with Gasteiger partial charge in [-0.25, -0.2) is 0 Å². The fraction of sp³-hybridized carbons (Fsp3) is 0.133. The number of nitrogens with zero attached hydrogens (tertiary/aromatic N) is 1. The van der Waals surface area contributed by atoms with Crippen molar-refractivity contribution < 1.29 is 0 Å². The molecule has 2 nitrogen and oxygen atoms in total. The molecule has 0 saturated carbocycles. The second-order valence-corrected chi connectivity index (χ2v) is 6.00. The molecular weight excluding hydrogens is 368 g/mol. The molecule has 2 aromatic carbocycles. The number of hydrogen-bond donors (Lipinski definition) is 1. The summed E-state index contributed by atoms with van der Waals surface area (Å²) in [6.45, 7) is 2.02. The molecule has 0 radical (unpaired) electrons. The van der Waals surface area contributed by atoms with Crippen molar-refractivity contribution in [2.24, 2.45) is 0 Å². The Morgan fingerprint density at radius 2 is 1.95 bits per heavy atom. The maximum absolute atomic E-state index is 9.33. The Morgan fingerprint density at radius 1 is 1.16 bits per heavy atom. The number of nitrogens with one attached hydrogen (secondary N) is 1. The number of nitriles is 1. The molecule has 0 heterocycles. The topological polar surface area (TPSA) is 35.8 Å². The van der Waals surface area contributed by atoms with Gasteiger partial charge in [-0.05, 0) is 42.3 Å². The Hall–Kier alpha value is -1.31. The van der Waals surface area contributed by atoms with E-state index in [2.05, 4.69) is 43.2 Å². The summed E-state index contributed by atoms with van der Waals surface area (Å²) in [4.78, 5) is 0. The third kappa shape index (κ3) is 3.59. The van der Waals surface area contributed by atoms with Gasteiger partial charge in [-0.1, -0.05) is 50.1 Å². The first-order valence-corrected chi connectivity index (χ1v) is 7.36. The van der Waals surface area contributed by atoms with Gasteiger partial charge in [-0.3, -0.25) is 0 Å². The predicted octanol–water partition coefficient (Wildman–Crippen LogP) is 5.20. The zero-order valence-corrected chi connectivity index (χ0v) is 13.5. The molecule has 0 fully saturated rings. The van der Waals surface area contributed by atoms with Gasteiger partial charge in [0.25, 0.3) is 0 Å². The minimum atomic E-state index is -0.360. The monoisotopic (exact) mass is 378 g/mol. The molecule has 4 heteroatoms. The number of halogens is 2. The summed E-state index contributed by atoms with van der Waals surface area (Å²) in [5.41, 5.74) is 3.00. The van der Waals surface area contributed by atoms with Crippen LogP contribution in [0.4, 0.5) is 5.69 Å². The molecule has 2 rings (SSSR count). The maximum atomic E-state index is 9.33. The predicted molar refractivity (Wildman–Crippen MR) is 85.0 cm³/mol. The van der Waals surface area contributed by atoms with Gasteiger partial charge in [0.05, 0.1) is 6.07 Å².